The fourth-order valence-corrected chi connectivity index (χ4v) is 1.63. The van der Waals surface area contributed by atoms with E-state index >= 15 is 0 Å². The van der Waals surface area contributed by atoms with Gasteiger partial charge in [-0.15, -0.1) is 0 Å². The standard InChI is InChI=1S/C14H14FNO3S/c15-10-1-3-11(4-2-10)18-9-12-5-6-13(19-12)14(17)16-7-8-20/h1-6,20H,7-9H2,(H,16,17). The lowest BCUT2D eigenvalue weighted by Crippen LogP contribution is -2.24. The molecule has 2 rings (SSSR count). The van der Waals surface area contributed by atoms with Crippen LogP contribution in [0.5, 0.6) is 5.75 Å². The summed E-state index contributed by atoms with van der Waals surface area (Å²) in [6.45, 7) is 0.648. The minimum atomic E-state index is -0.321. The molecule has 1 aromatic carbocycles. The summed E-state index contributed by atoms with van der Waals surface area (Å²) < 4.78 is 23.5. The van der Waals surface area contributed by atoms with E-state index in [-0.39, 0.29) is 24.1 Å². The third kappa shape index (κ3) is 4.03. The van der Waals surface area contributed by atoms with Crippen LogP contribution in [0.3, 0.4) is 0 Å². The van der Waals surface area contributed by atoms with Crippen LogP contribution >= 0.6 is 12.6 Å². The van der Waals surface area contributed by atoms with Gasteiger partial charge in [0.25, 0.3) is 5.91 Å². The molecule has 0 aliphatic heterocycles. The van der Waals surface area contributed by atoms with E-state index < -0.39 is 0 Å². The van der Waals surface area contributed by atoms with E-state index in [1.54, 1.807) is 12.1 Å². The lowest BCUT2D eigenvalue weighted by molar-refractivity contribution is 0.0924. The molecule has 4 nitrogen and oxygen atoms in total. The van der Waals surface area contributed by atoms with Gasteiger partial charge < -0.3 is 14.5 Å². The van der Waals surface area contributed by atoms with Gasteiger partial charge in [0.2, 0.25) is 0 Å². The van der Waals surface area contributed by atoms with Crippen LogP contribution in [-0.2, 0) is 6.61 Å². The highest BCUT2D eigenvalue weighted by atomic mass is 32.1. The van der Waals surface area contributed by atoms with Crippen molar-refractivity contribution in [3.05, 3.63) is 53.7 Å². The van der Waals surface area contributed by atoms with Crippen molar-refractivity contribution in [1.29, 1.82) is 0 Å². The molecule has 1 amide bonds. The molecule has 1 N–H and O–H groups in total. The summed E-state index contributed by atoms with van der Waals surface area (Å²) in [7, 11) is 0. The van der Waals surface area contributed by atoms with Crippen molar-refractivity contribution in [2.75, 3.05) is 12.3 Å². The molecule has 0 saturated carbocycles. The molecule has 0 saturated heterocycles. The predicted molar refractivity (Wildman–Crippen MR) is 75.6 cm³/mol. The maximum absolute atomic E-state index is 12.7. The van der Waals surface area contributed by atoms with E-state index in [1.807, 2.05) is 0 Å². The Kier molecular flexibility index (Phi) is 5.06. The average molecular weight is 295 g/mol. The lowest BCUT2D eigenvalue weighted by Gasteiger charge is -2.03. The van der Waals surface area contributed by atoms with E-state index in [4.69, 9.17) is 9.15 Å². The van der Waals surface area contributed by atoms with Crippen molar-refractivity contribution in [2.24, 2.45) is 0 Å². The summed E-state index contributed by atoms with van der Waals surface area (Å²) in [5.74, 6) is 1.23. The molecule has 0 unspecified atom stereocenters. The summed E-state index contributed by atoms with van der Waals surface area (Å²) >= 11 is 4.00. The number of benzene rings is 1. The largest absolute Gasteiger partial charge is 0.486 e. The second-order valence-corrected chi connectivity index (χ2v) is 4.44. The van der Waals surface area contributed by atoms with Gasteiger partial charge in [0.1, 0.15) is 23.9 Å². The van der Waals surface area contributed by atoms with Crippen molar-refractivity contribution < 1.29 is 18.3 Å². The van der Waals surface area contributed by atoms with E-state index in [0.717, 1.165) is 0 Å². The number of carbonyl (C=O) groups is 1. The average Bonchev–Trinajstić information content (AvgIpc) is 2.93. The minimum absolute atomic E-state index is 0.172. The molecule has 2 aromatic rings. The zero-order valence-corrected chi connectivity index (χ0v) is 11.5. The second kappa shape index (κ2) is 7.00. The molecular weight excluding hydrogens is 281 g/mol. The zero-order chi connectivity index (χ0) is 14.4. The Bertz CT molecular complexity index is 568. The number of ether oxygens (including phenoxy) is 1. The Labute approximate surface area is 121 Å². The van der Waals surface area contributed by atoms with Gasteiger partial charge in [-0.2, -0.15) is 12.6 Å². The number of amides is 1. The van der Waals surface area contributed by atoms with Crippen LogP contribution in [0.25, 0.3) is 0 Å². The maximum Gasteiger partial charge on any atom is 0.287 e. The second-order valence-electron chi connectivity index (χ2n) is 3.99. The van der Waals surface area contributed by atoms with Crippen molar-refractivity contribution in [1.82, 2.24) is 5.32 Å². The fraction of sp³-hybridized carbons (Fsp3) is 0.214. The highest BCUT2D eigenvalue weighted by Crippen LogP contribution is 2.15. The van der Waals surface area contributed by atoms with Crippen LogP contribution in [0.15, 0.2) is 40.8 Å². The van der Waals surface area contributed by atoms with Gasteiger partial charge in [-0.1, -0.05) is 0 Å². The fourth-order valence-electron chi connectivity index (χ4n) is 1.52. The number of nitrogens with one attached hydrogen (secondary N) is 1. The number of rotatable bonds is 6. The van der Waals surface area contributed by atoms with Gasteiger partial charge in [-0.25, -0.2) is 4.39 Å². The minimum Gasteiger partial charge on any atom is -0.486 e. The van der Waals surface area contributed by atoms with Gasteiger partial charge in [0.05, 0.1) is 0 Å². The number of halogens is 1. The number of hydrogen-bond acceptors (Lipinski definition) is 4. The summed E-state index contributed by atoms with van der Waals surface area (Å²) in [5, 5.41) is 2.65. The van der Waals surface area contributed by atoms with Crippen molar-refractivity contribution in [3.8, 4) is 5.75 Å². The molecule has 0 atom stereocenters. The van der Waals surface area contributed by atoms with Crippen LogP contribution in [0.1, 0.15) is 16.3 Å². The highest BCUT2D eigenvalue weighted by Gasteiger charge is 2.10. The van der Waals surface area contributed by atoms with Crippen molar-refractivity contribution in [2.45, 2.75) is 6.61 Å². The molecule has 0 spiro atoms. The van der Waals surface area contributed by atoms with Crippen LogP contribution < -0.4 is 10.1 Å². The maximum atomic E-state index is 12.7. The lowest BCUT2D eigenvalue weighted by atomic mass is 10.3. The molecule has 0 aliphatic rings. The Balaban J connectivity index is 1.89. The van der Waals surface area contributed by atoms with Crippen LogP contribution in [0.4, 0.5) is 4.39 Å². The molecule has 20 heavy (non-hydrogen) atoms. The predicted octanol–water partition coefficient (Wildman–Crippen LogP) is 2.66. The SMILES string of the molecule is O=C(NCCS)c1ccc(COc2ccc(F)cc2)o1. The summed E-state index contributed by atoms with van der Waals surface area (Å²) in [5.41, 5.74) is 0. The van der Waals surface area contributed by atoms with Gasteiger partial charge in [0.15, 0.2) is 5.76 Å². The number of hydrogen-bond donors (Lipinski definition) is 2. The smallest absolute Gasteiger partial charge is 0.287 e. The first-order chi connectivity index (χ1) is 9.69. The third-order valence-corrected chi connectivity index (χ3v) is 2.70. The van der Waals surface area contributed by atoms with Crippen LogP contribution in [-0.4, -0.2) is 18.2 Å². The number of carbonyl (C=O) groups excluding carboxylic acids is 1. The Morgan fingerprint density at radius 2 is 2.00 bits per heavy atom. The highest BCUT2D eigenvalue weighted by molar-refractivity contribution is 7.80. The first-order valence-corrected chi connectivity index (χ1v) is 6.68. The van der Waals surface area contributed by atoms with E-state index in [2.05, 4.69) is 17.9 Å². The van der Waals surface area contributed by atoms with E-state index in [0.29, 0.717) is 23.8 Å². The molecule has 0 aliphatic carbocycles. The third-order valence-electron chi connectivity index (χ3n) is 2.48. The van der Waals surface area contributed by atoms with Crippen LogP contribution in [0.2, 0.25) is 0 Å². The molecule has 0 radical (unpaired) electrons. The molecule has 6 heteroatoms. The van der Waals surface area contributed by atoms with Gasteiger partial charge in [-0.05, 0) is 36.4 Å². The Hall–Kier alpha value is -1.95. The molecule has 1 heterocycles. The van der Waals surface area contributed by atoms with Crippen LogP contribution in [0, 0.1) is 5.82 Å². The molecule has 0 fully saturated rings. The van der Waals surface area contributed by atoms with Crippen molar-refractivity contribution >= 4 is 18.5 Å². The number of furan rings is 1. The topological polar surface area (TPSA) is 51.5 Å². The van der Waals surface area contributed by atoms with Crippen molar-refractivity contribution in [3.63, 3.8) is 0 Å². The quantitative estimate of drug-likeness (QED) is 0.806. The molecular formula is C14H14FNO3S. The Morgan fingerprint density at radius 1 is 1.25 bits per heavy atom. The molecule has 106 valence electrons. The summed E-state index contributed by atoms with van der Waals surface area (Å²) in [6, 6.07) is 8.93. The molecule has 1 aromatic heterocycles. The van der Waals surface area contributed by atoms with E-state index in [1.165, 1.54) is 24.3 Å². The molecule has 0 bridgehead atoms. The zero-order valence-electron chi connectivity index (χ0n) is 10.6. The van der Waals surface area contributed by atoms with Gasteiger partial charge in [-0.3, -0.25) is 4.79 Å². The number of thiol groups is 1. The first-order valence-electron chi connectivity index (χ1n) is 6.05. The van der Waals surface area contributed by atoms with Gasteiger partial charge >= 0.3 is 0 Å². The summed E-state index contributed by atoms with van der Waals surface area (Å²) in [6.07, 6.45) is 0. The first kappa shape index (κ1) is 14.5. The monoisotopic (exact) mass is 295 g/mol. The Morgan fingerprint density at radius 3 is 2.70 bits per heavy atom. The summed E-state index contributed by atoms with van der Waals surface area (Å²) in [4.78, 5) is 11.6. The van der Waals surface area contributed by atoms with Gasteiger partial charge in [0, 0.05) is 12.3 Å². The normalized spacial score (nSPS) is 10.3. The van der Waals surface area contributed by atoms with E-state index in [9.17, 15) is 9.18 Å².